The largest absolute Gasteiger partial charge is 0.458 e. The van der Waals surface area contributed by atoms with Crippen LogP contribution in [0.5, 0.6) is 11.5 Å². The molecule has 20 aromatic rings. The molecule has 0 fully saturated rings. The van der Waals surface area contributed by atoms with Gasteiger partial charge in [-0.25, -0.2) is 0 Å². The van der Waals surface area contributed by atoms with E-state index in [1.807, 2.05) is 0 Å². The van der Waals surface area contributed by atoms with Gasteiger partial charge in [-0.15, -0.1) is 0 Å². The van der Waals surface area contributed by atoms with Crippen molar-refractivity contribution in [2.45, 2.75) is 0 Å². The van der Waals surface area contributed by atoms with E-state index in [-0.39, 0.29) is 13.4 Å². The molecule has 124 heavy (non-hydrogen) atoms. The third-order valence-corrected chi connectivity index (χ3v) is 25.6. The van der Waals surface area contributed by atoms with E-state index in [2.05, 4.69) is 492 Å². The molecule has 0 spiro atoms. The van der Waals surface area contributed by atoms with Crippen molar-refractivity contribution < 1.29 is 4.74 Å². The molecule has 578 valence electrons. The molecule has 24 rings (SSSR count). The van der Waals surface area contributed by atoms with Gasteiger partial charge in [0.2, 0.25) is 0 Å². The molecule has 6 nitrogen and oxygen atoms in total. The van der Waals surface area contributed by atoms with Gasteiger partial charge in [0.1, 0.15) is 11.5 Å². The smallest absolute Gasteiger partial charge is 0.256 e. The lowest BCUT2D eigenvalue weighted by Gasteiger charge is -2.46. The predicted octanol–water partition coefficient (Wildman–Crippen LogP) is 27.4. The van der Waals surface area contributed by atoms with Crippen LogP contribution in [-0.4, -0.2) is 13.4 Å². The molecule has 0 saturated heterocycles. The zero-order chi connectivity index (χ0) is 81.7. The van der Waals surface area contributed by atoms with Crippen molar-refractivity contribution in [2.75, 3.05) is 24.5 Å². The zero-order valence-corrected chi connectivity index (χ0v) is 67.8. The summed E-state index contributed by atoms with van der Waals surface area (Å²) in [5.74, 6) is 1.54. The fourth-order valence-electron chi connectivity index (χ4n) is 20.4. The van der Waals surface area contributed by atoms with Crippen molar-refractivity contribution in [2.24, 2.45) is 0 Å². The highest BCUT2D eigenvalue weighted by Gasteiger charge is 2.49. The summed E-state index contributed by atoms with van der Waals surface area (Å²) in [4.78, 5) is 12.6. The Morgan fingerprint density at radius 1 is 0.202 bits per heavy atom. The van der Waals surface area contributed by atoms with Crippen LogP contribution in [0.1, 0.15) is 0 Å². The Labute approximate surface area is 722 Å². The van der Waals surface area contributed by atoms with Crippen molar-refractivity contribution in [1.82, 2.24) is 0 Å². The summed E-state index contributed by atoms with van der Waals surface area (Å²) >= 11 is 0. The van der Waals surface area contributed by atoms with Gasteiger partial charge >= 0.3 is 0 Å². The molecule has 0 amide bonds. The molecule has 4 heterocycles. The van der Waals surface area contributed by atoms with Crippen LogP contribution >= 0.6 is 0 Å². The van der Waals surface area contributed by atoms with Gasteiger partial charge < -0.3 is 29.2 Å². The lowest BCUT2D eigenvalue weighted by atomic mass is 9.30. The standard InChI is InChI=1S/C116H77B2N5O/c1-9-38-78(39-10-1)90-54-29-33-64-102(90)122(103-65-34-30-55-91(103)79-40-11-2-12-41-79)89-74-109-115-111(75-89)124-110-77-106-100(76-101(110)118(115)99-63-32-36-67-105(99)121(109)87-70-68-83(69-71-87)113-96-58-27-25-56-94(96)112(82-46-17-5-18-47-82)95-57-26-28-59-97(95)113)117-98-62-31-35-66-104(98)120(86-52-23-8-24-53-86)107-72-88(119(84-48-19-6-20-49-84)85-50-21-7-22-51-85)73-108(114(107)117)123(106)116-92(80-42-13-3-14-43-80)60-37-61-93(116)81-44-15-4-16-45-81/h1-77H. The monoisotopic (exact) mass is 1580 g/mol. The summed E-state index contributed by atoms with van der Waals surface area (Å²) in [6.45, 7) is -0.623. The van der Waals surface area contributed by atoms with Gasteiger partial charge in [-0.2, -0.15) is 0 Å². The lowest BCUT2D eigenvalue weighted by Crippen LogP contribution is -2.64. The Hall–Kier alpha value is -16.2. The Kier molecular flexibility index (Phi) is 17.4. The summed E-state index contributed by atoms with van der Waals surface area (Å²) < 4.78 is 8.32. The molecule has 0 bridgehead atoms. The number of benzene rings is 20. The number of hydrogen-bond acceptors (Lipinski definition) is 6. The van der Waals surface area contributed by atoms with Crippen LogP contribution in [0.25, 0.3) is 88.3 Å². The van der Waals surface area contributed by atoms with Crippen LogP contribution in [0.15, 0.2) is 467 Å². The van der Waals surface area contributed by atoms with Crippen LogP contribution in [0.2, 0.25) is 0 Å². The number of para-hydroxylation sites is 8. The van der Waals surface area contributed by atoms with Crippen molar-refractivity contribution in [3.05, 3.63) is 467 Å². The van der Waals surface area contributed by atoms with Gasteiger partial charge in [-0.1, -0.05) is 364 Å². The van der Waals surface area contributed by atoms with Crippen LogP contribution in [0.4, 0.5) is 85.3 Å². The first-order chi connectivity index (χ1) is 61.6. The van der Waals surface area contributed by atoms with E-state index in [9.17, 15) is 0 Å². The molecule has 4 aliphatic rings. The Morgan fingerprint density at radius 3 is 1.04 bits per heavy atom. The van der Waals surface area contributed by atoms with E-state index in [0.29, 0.717) is 0 Å². The fraction of sp³-hybridized carbons (Fsp3) is 0. The van der Waals surface area contributed by atoms with Crippen molar-refractivity contribution in [1.29, 1.82) is 0 Å². The molecule has 8 heteroatoms. The van der Waals surface area contributed by atoms with Gasteiger partial charge in [0.25, 0.3) is 13.4 Å². The summed E-state index contributed by atoms with van der Waals surface area (Å²) in [5.41, 5.74) is 36.0. The minimum absolute atomic E-state index is 0.290. The quantitative estimate of drug-likeness (QED) is 0.0750. The maximum atomic E-state index is 8.32. The number of ether oxygens (including phenoxy) is 1. The molecule has 0 N–H and O–H groups in total. The maximum Gasteiger partial charge on any atom is 0.256 e. The molecule has 4 aliphatic heterocycles. The third kappa shape index (κ3) is 11.8. The minimum atomic E-state index is -0.333. The Balaban J connectivity index is 0.793. The van der Waals surface area contributed by atoms with E-state index in [1.165, 1.54) is 60.1 Å². The highest BCUT2D eigenvalue weighted by Crippen LogP contribution is 2.56. The second-order valence-electron chi connectivity index (χ2n) is 32.4. The minimum Gasteiger partial charge on any atom is -0.458 e. The van der Waals surface area contributed by atoms with E-state index < -0.39 is 0 Å². The number of rotatable bonds is 15. The van der Waals surface area contributed by atoms with Gasteiger partial charge in [0.05, 0.1) is 28.4 Å². The van der Waals surface area contributed by atoms with Crippen LogP contribution in [-0.2, 0) is 0 Å². The Morgan fingerprint density at radius 2 is 0.556 bits per heavy atom. The van der Waals surface area contributed by atoms with Gasteiger partial charge in [0, 0.05) is 91.3 Å². The lowest BCUT2D eigenvalue weighted by molar-refractivity contribution is 0.488. The van der Waals surface area contributed by atoms with Crippen molar-refractivity contribution in [3.63, 3.8) is 0 Å². The Bertz CT molecular complexity index is 7300. The average Bonchev–Trinajstić information content (AvgIpc) is 0.681. The molecule has 0 aliphatic carbocycles. The number of anilines is 15. The number of nitrogens with zero attached hydrogens (tertiary/aromatic N) is 5. The molecular weight excluding hydrogens is 1500 g/mol. The molecule has 0 unspecified atom stereocenters. The van der Waals surface area contributed by atoms with Crippen LogP contribution in [0.3, 0.4) is 0 Å². The van der Waals surface area contributed by atoms with Crippen LogP contribution < -0.4 is 62.0 Å². The number of fused-ring (bicyclic) bond motifs is 10. The first-order valence-electron chi connectivity index (χ1n) is 42.8. The van der Waals surface area contributed by atoms with Crippen LogP contribution in [0, 0.1) is 0 Å². The summed E-state index contributed by atoms with van der Waals surface area (Å²) in [6, 6.07) is 172. The first kappa shape index (κ1) is 71.9. The number of hydrogen-bond donors (Lipinski definition) is 0. The molecular formula is C116H77B2N5O. The second kappa shape index (κ2) is 30.0. The van der Waals surface area contributed by atoms with Crippen molar-refractivity contribution >= 4 is 153 Å². The summed E-state index contributed by atoms with van der Waals surface area (Å²) in [7, 11) is 0. The third-order valence-electron chi connectivity index (χ3n) is 25.6. The van der Waals surface area contributed by atoms with E-state index in [0.717, 1.165) is 158 Å². The molecule has 0 atom stereocenters. The topological polar surface area (TPSA) is 25.4 Å². The average molecular weight is 1580 g/mol. The zero-order valence-electron chi connectivity index (χ0n) is 67.8. The van der Waals surface area contributed by atoms with Gasteiger partial charge in [-0.3, -0.25) is 0 Å². The van der Waals surface area contributed by atoms with E-state index in [4.69, 9.17) is 4.74 Å². The second-order valence-corrected chi connectivity index (χ2v) is 32.4. The van der Waals surface area contributed by atoms with Gasteiger partial charge in [0.15, 0.2) is 0 Å². The molecule has 20 aromatic carbocycles. The normalized spacial score (nSPS) is 12.5. The van der Waals surface area contributed by atoms with Gasteiger partial charge in [-0.05, 0) is 190 Å². The van der Waals surface area contributed by atoms with E-state index >= 15 is 0 Å². The maximum absolute atomic E-state index is 8.32. The highest BCUT2D eigenvalue weighted by atomic mass is 16.5. The molecule has 0 aromatic heterocycles. The van der Waals surface area contributed by atoms with Crippen molar-refractivity contribution in [3.8, 4) is 78.3 Å². The molecule has 0 radical (unpaired) electrons. The molecule has 0 saturated carbocycles. The first-order valence-corrected chi connectivity index (χ1v) is 42.8. The SMILES string of the molecule is c1ccc(-c2ccccc2N(c2cc3c4c(c2)N(c2ccc(-c5c6ccccc6c(-c6ccccc6)c6ccccc56)cc2)c2ccccc2B4c2cc4c(cc2O3)N(c2c(-c3ccccc3)cccc2-c2ccccc2)c2cc(N(c3ccccc3)c3ccccc3)cc3c2B4c2ccccc2N3c2ccccc2)c2ccccc2-c2ccccc2)cc1. The highest BCUT2D eigenvalue weighted by molar-refractivity contribution is 7.02. The predicted molar refractivity (Wildman–Crippen MR) is 523 cm³/mol. The summed E-state index contributed by atoms with van der Waals surface area (Å²) in [5, 5.41) is 4.85. The summed E-state index contributed by atoms with van der Waals surface area (Å²) in [6.07, 6.45) is 0. The van der Waals surface area contributed by atoms with E-state index in [1.54, 1.807) is 0 Å². The fourth-order valence-corrected chi connectivity index (χ4v) is 20.4.